The molecule has 0 spiro atoms. The maximum Gasteiger partial charge on any atom is 0.251 e. The summed E-state index contributed by atoms with van der Waals surface area (Å²) in [5, 5.41) is 11.3. The van der Waals surface area contributed by atoms with Crippen molar-refractivity contribution < 1.29 is 9.53 Å². The van der Waals surface area contributed by atoms with E-state index in [1.165, 1.54) is 4.88 Å². The molecule has 2 aromatic rings. The average Bonchev–Trinajstić information content (AvgIpc) is 3.16. The van der Waals surface area contributed by atoms with Crippen LogP contribution >= 0.6 is 35.3 Å². The van der Waals surface area contributed by atoms with E-state index in [4.69, 9.17) is 4.74 Å². The molecule has 0 atom stereocenters. The lowest BCUT2D eigenvalue weighted by Gasteiger charge is -2.12. The summed E-state index contributed by atoms with van der Waals surface area (Å²) in [6, 6.07) is 11.2. The Hall–Kier alpha value is -1.81. The summed E-state index contributed by atoms with van der Waals surface area (Å²) >= 11 is 1.69. The third-order valence-electron chi connectivity index (χ3n) is 3.35. The number of benzene rings is 1. The van der Waals surface area contributed by atoms with Crippen LogP contribution in [0.15, 0.2) is 46.8 Å². The summed E-state index contributed by atoms with van der Waals surface area (Å²) in [5.41, 5.74) is 0.581. The summed E-state index contributed by atoms with van der Waals surface area (Å²) in [4.78, 5) is 17.9. The lowest BCUT2D eigenvalue weighted by atomic mass is 10.2. The molecule has 0 saturated heterocycles. The fourth-order valence-corrected chi connectivity index (χ4v) is 2.75. The van der Waals surface area contributed by atoms with E-state index in [9.17, 15) is 4.79 Å². The van der Waals surface area contributed by atoms with Crippen molar-refractivity contribution in [2.45, 2.75) is 13.5 Å². The number of carbonyl (C=O) groups is 1. The first-order chi connectivity index (χ1) is 12.2. The van der Waals surface area contributed by atoms with Crippen LogP contribution in [-0.2, 0) is 6.54 Å². The van der Waals surface area contributed by atoms with E-state index in [1.54, 1.807) is 36.6 Å². The number of nitrogens with one attached hydrogen (secondary N) is 3. The highest BCUT2D eigenvalue weighted by Crippen LogP contribution is 2.12. The van der Waals surface area contributed by atoms with Crippen LogP contribution in [0.1, 0.15) is 22.2 Å². The second kappa shape index (κ2) is 12.5. The SMILES string of the molecule is CCNC(=NCc1cccs1)NCCNC(=O)c1cccc(OC)c1.I. The Balaban J connectivity index is 0.00000338. The van der Waals surface area contributed by atoms with Gasteiger partial charge in [0.2, 0.25) is 0 Å². The molecule has 3 N–H and O–H groups in total. The minimum absolute atomic E-state index is 0. The van der Waals surface area contributed by atoms with E-state index in [2.05, 4.69) is 27.0 Å². The number of ether oxygens (including phenoxy) is 1. The van der Waals surface area contributed by atoms with Crippen LogP contribution in [0.4, 0.5) is 0 Å². The number of nitrogens with zero attached hydrogens (tertiary/aromatic N) is 1. The molecule has 0 aliphatic heterocycles. The average molecular weight is 488 g/mol. The first kappa shape index (κ1) is 22.2. The Morgan fingerprint density at radius 2 is 1.96 bits per heavy atom. The molecule has 0 aliphatic rings. The predicted molar refractivity (Wildman–Crippen MR) is 118 cm³/mol. The lowest BCUT2D eigenvalue weighted by Crippen LogP contribution is -2.41. The van der Waals surface area contributed by atoms with E-state index >= 15 is 0 Å². The van der Waals surface area contributed by atoms with Crippen molar-refractivity contribution in [1.82, 2.24) is 16.0 Å². The first-order valence-electron chi connectivity index (χ1n) is 8.19. The molecule has 6 nitrogen and oxygen atoms in total. The zero-order valence-electron chi connectivity index (χ0n) is 15.0. The molecule has 8 heteroatoms. The first-order valence-corrected chi connectivity index (χ1v) is 9.07. The Morgan fingerprint density at radius 1 is 1.15 bits per heavy atom. The van der Waals surface area contributed by atoms with Crippen LogP contribution in [0, 0.1) is 0 Å². The van der Waals surface area contributed by atoms with Gasteiger partial charge < -0.3 is 20.7 Å². The number of halogens is 1. The molecule has 2 rings (SSSR count). The van der Waals surface area contributed by atoms with Crippen LogP contribution in [0.25, 0.3) is 0 Å². The van der Waals surface area contributed by atoms with Gasteiger partial charge in [0.1, 0.15) is 5.75 Å². The van der Waals surface area contributed by atoms with Gasteiger partial charge in [-0.3, -0.25) is 4.79 Å². The number of hydrogen-bond acceptors (Lipinski definition) is 4. The zero-order valence-corrected chi connectivity index (χ0v) is 18.1. The van der Waals surface area contributed by atoms with E-state index in [-0.39, 0.29) is 29.9 Å². The van der Waals surface area contributed by atoms with Crippen LogP contribution in [-0.4, -0.2) is 38.6 Å². The highest BCUT2D eigenvalue weighted by Gasteiger charge is 2.06. The topological polar surface area (TPSA) is 74.8 Å². The quantitative estimate of drug-likeness (QED) is 0.231. The Morgan fingerprint density at radius 3 is 2.65 bits per heavy atom. The molecular weight excluding hydrogens is 463 g/mol. The smallest absolute Gasteiger partial charge is 0.251 e. The molecule has 1 aromatic heterocycles. The van der Waals surface area contributed by atoms with Gasteiger partial charge in [-0.1, -0.05) is 12.1 Å². The summed E-state index contributed by atoms with van der Waals surface area (Å²) in [7, 11) is 1.58. The third-order valence-corrected chi connectivity index (χ3v) is 4.21. The molecule has 0 aliphatic carbocycles. The lowest BCUT2D eigenvalue weighted by molar-refractivity contribution is 0.0954. The number of aliphatic imine (C=N–C) groups is 1. The van der Waals surface area contributed by atoms with Crippen LogP contribution < -0.4 is 20.7 Å². The van der Waals surface area contributed by atoms with Gasteiger partial charge in [0.25, 0.3) is 5.91 Å². The van der Waals surface area contributed by atoms with Crippen molar-refractivity contribution in [1.29, 1.82) is 0 Å². The summed E-state index contributed by atoms with van der Waals surface area (Å²) in [6.45, 7) is 4.54. The van der Waals surface area contributed by atoms with Gasteiger partial charge in [0, 0.05) is 30.1 Å². The Bertz CT molecular complexity index is 692. The standard InChI is InChI=1S/C18H24N4O2S.HI/c1-3-19-18(22-13-16-8-5-11-25-16)21-10-9-20-17(23)14-6-4-7-15(12-14)24-2;/h4-8,11-12H,3,9-10,13H2,1-2H3,(H,20,23)(H2,19,21,22);1H. The van der Waals surface area contributed by atoms with Crippen LogP contribution in [0.3, 0.4) is 0 Å². The van der Waals surface area contributed by atoms with E-state index in [1.807, 2.05) is 24.4 Å². The monoisotopic (exact) mass is 488 g/mol. The van der Waals surface area contributed by atoms with E-state index in [0.29, 0.717) is 30.9 Å². The number of guanidine groups is 1. The number of rotatable bonds is 8. The van der Waals surface area contributed by atoms with Crippen molar-refractivity contribution in [3.63, 3.8) is 0 Å². The largest absolute Gasteiger partial charge is 0.497 e. The summed E-state index contributed by atoms with van der Waals surface area (Å²) < 4.78 is 5.13. The molecule has 1 heterocycles. The van der Waals surface area contributed by atoms with Gasteiger partial charge in [-0.2, -0.15) is 0 Å². The maximum absolute atomic E-state index is 12.1. The van der Waals surface area contributed by atoms with Gasteiger partial charge >= 0.3 is 0 Å². The van der Waals surface area contributed by atoms with Crippen LogP contribution in [0.5, 0.6) is 5.75 Å². The van der Waals surface area contributed by atoms with Crippen LogP contribution in [0.2, 0.25) is 0 Å². The second-order valence-corrected chi connectivity index (χ2v) is 6.22. The summed E-state index contributed by atoms with van der Waals surface area (Å²) in [6.07, 6.45) is 0. The molecule has 142 valence electrons. The maximum atomic E-state index is 12.1. The minimum atomic E-state index is -0.124. The summed E-state index contributed by atoms with van der Waals surface area (Å²) in [5.74, 6) is 1.29. The van der Waals surface area contributed by atoms with Crippen molar-refractivity contribution in [2.24, 2.45) is 4.99 Å². The molecular formula is C18H25IN4O2S. The Labute approximate surface area is 175 Å². The zero-order chi connectivity index (χ0) is 17.9. The van der Waals surface area contributed by atoms with Crippen molar-refractivity contribution in [2.75, 3.05) is 26.7 Å². The van der Waals surface area contributed by atoms with Gasteiger partial charge in [0.15, 0.2) is 5.96 Å². The number of thiophene rings is 1. The minimum Gasteiger partial charge on any atom is -0.497 e. The normalized spacial score (nSPS) is 10.6. The molecule has 0 unspecified atom stereocenters. The molecule has 26 heavy (non-hydrogen) atoms. The number of methoxy groups -OCH3 is 1. The van der Waals surface area contributed by atoms with Crippen molar-refractivity contribution in [3.05, 3.63) is 52.2 Å². The highest BCUT2D eigenvalue weighted by molar-refractivity contribution is 14.0. The predicted octanol–water partition coefficient (Wildman–Crippen LogP) is 2.86. The molecule has 0 fully saturated rings. The second-order valence-electron chi connectivity index (χ2n) is 5.19. The number of amides is 1. The Kier molecular flexibility index (Phi) is 10.7. The van der Waals surface area contributed by atoms with Crippen molar-refractivity contribution in [3.8, 4) is 5.75 Å². The molecule has 0 bridgehead atoms. The molecule has 1 aromatic carbocycles. The number of hydrogen-bond donors (Lipinski definition) is 3. The van der Waals surface area contributed by atoms with E-state index in [0.717, 1.165) is 12.5 Å². The van der Waals surface area contributed by atoms with E-state index < -0.39 is 0 Å². The molecule has 0 radical (unpaired) electrons. The van der Waals surface area contributed by atoms with Gasteiger partial charge in [-0.05, 0) is 36.6 Å². The fourth-order valence-electron chi connectivity index (χ4n) is 2.12. The number of carbonyl (C=O) groups excluding carboxylic acids is 1. The fraction of sp³-hybridized carbons (Fsp3) is 0.333. The molecule has 1 amide bonds. The van der Waals surface area contributed by atoms with Gasteiger partial charge in [-0.15, -0.1) is 35.3 Å². The van der Waals surface area contributed by atoms with Crippen molar-refractivity contribution >= 4 is 47.2 Å². The third kappa shape index (κ3) is 7.61. The molecule has 0 saturated carbocycles. The van der Waals surface area contributed by atoms with Gasteiger partial charge in [-0.25, -0.2) is 4.99 Å². The highest BCUT2D eigenvalue weighted by atomic mass is 127. The van der Waals surface area contributed by atoms with Gasteiger partial charge in [0.05, 0.1) is 13.7 Å².